The molecule has 39 heavy (non-hydrogen) atoms. The van der Waals surface area contributed by atoms with Gasteiger partial charge in [-0.05, 0) is 83.0 Å². The molecule has 1 aromatic carbocycles. The fraction of sp³-hybridized carbons (Fsp3) is 0.548. The second-order valence-corrected chi connectivity index (χ2v) is 10.4. The zero-order chi connectivity index (χ0) is 28.9. The summed E-state index contributed by atoms with van der Waals surface area (Å²) in [6.45, 7) is 17.4. The number of piperazine rings is 1. The van der Waals surface area contributed by atoms with Crippen LogP contribution in [0.5, 0.6) is 0 Å². The van der Waals surface area contributed by atoms with Gasteiger partial charge in [0.15, 0.2) is 0 Å². The highest BCUT2D eigenvalue weighted by Gasteiger charge is 2.16. The van der Waals surface area contributed by atoms with Gasteiger partial charge in [-0.1, -0.05) is 19.9 Å². The van der Waals surface area contributed by atoms with Crippen molar-refractivity contribution in [3.8, 4) is 0 Å². The van der Waals surface area contributed by atoms with Gasteiger partial charge in [-0.25, -0.2) is 0 Å². The molecule has 1 aromatic rings. The molecule has 8 nitrogen and oxygen atoms in total. The molecule has 8 heteroatoms. The fourth-order valence-electron chi connectivity index (χ4n) is 4.29. The molecular formula is C31H52N8. The molecule has 0 amide bonds. The number of nitrogens with one attached hydrogen (secondary N) is 4. The van der Waals surface area contributed by atoms with Crippen LogP contribution in [0.3, 0.4) is 0 Å². The van der Waals surface area contributed by atoms with E-state index in [1.54, 1.807) is 0 Å². The number of amidine groups is 1. The summed E-state index contributed by atoms with van der Waals surface area (Å²) in [6, 6.07) is 6.98. The number of aliphatic imine (C=N–C) groups is 1. The standard InChI is InChI=1S/C31H52N8/c1-10-12-13-28(24(5)25(6)36-30(21-33-7)31(32)38(9)23(3)4)34-22-35-29-15-14-27(20-26(29)11-2)39-18-16-37(8)17-19-39/h12-15,20-21,23,32-33,35-36H,10-11,16-19,22H2,1-9H3/b13-12-,25-24+,30-21+,32-31?,34-28?. The predicted molar refractivity (Wildman–Crippen MR) is 170 cm³/mol. The van der Waals surface area contributed by atoms with Crippen LogP contribution in [0.4, 0.5) is 11.4 Å². The molecule has 1 heterocycles. The predicted octanol–water partition coefficient (Wildman–Crippen LogP) is 5.04. The lowest BCUT2D eigenvalue weighted by Crippen LogP contribution is -2.44. The monoisotopic (exact) mass is 536 g/mol. The first kappa shape index (κ1) is 32.0. The van der Waals surface area contributed by atoms with Gasteiger partial charge in [0.1, 0.15) is 12.5 Å². The van der Waals surface area contributed by atoms with Crippen molar-refractivity contribution < 1.29 is 0 Å². The number of hydrogen-bond acceptors (Lipinski definition) is 7. The summed E-state index contributed by atoms with van der Waals surface area (Å²) in [5, 5.41) is 18.7. The van der Waals surface area contributed by atoms with Gasteiger partial charge >= 0.3 is 0 Å². The molecular weight excluding hydrogens is 484 g/mol. The van der Waals surface area contributed by atoms with E-state index in [0.29, 0.717) is 12.5 Å². The van der Waals surface area contributed by atoms with E-state index >= 15 is 0 Å². The van der Waals surface area contributed by atoms with Crippen molar-refractivity contribution in [2.24, 2.45) is 4.99 Å². The number of nitrogens with zero attached hydrogens (tertiary/aromatic N) is 4. The number of likely N-dealkylation sites (N-methyl/N-ethyl adjacent to an activating group) is 2. The summed E-state index contributed by atoms with van der Waals surface area (Å²) < 4.78 is 0. The van der Waals surface area contributed by atoms with Crippen LogP contribution in [0.2, 0.25) is 0 Å². The molecule has 0 saturated carbocycles. The van der Waals surface area contributed by atoms with Crippen molar-refractivity contribution >= 4 is 22.9 Å². The van der Waals surface area contributed by atoms with E-state index in [-0.39, 0.29) is 6.04 Å². The van der Waals surface area contributed by atoms with Gasteiger partial charge < -0.3 is 30.7 Å². The zero-order valence-electron chi connectivity index (χ0n) is 25.8. The van der Waals surface area contributed by atoms with Gasteiger partial charge in [0.05, 0.1) is 11.4 Å². The van der Waals surface area contributed by atoms with Crippen LogP contribution in [0.25, 0.3) is 0 Å². The maximum absolute atomic E-state index is 8.64. The minimum atomic E-state index is 0.226. The molecule has 0 radical (unpaired) electrons. The lowest BCUT2D eigenvalue weighted by molar-refractivity contribution is 0.313. The van der Waals surface area contributed by atoms with Crippen molar-refractivity contribution in [3.63, 3.8) is 0 Å². The number of benzene rings is 1. The molecule has 0 bridgehead atoms. The maximum Gasteiger partial charge on any atom is 0.146 e. The number of rotatable bonds is 13. The minimum Gasteiger partial charge on any atom is -0.392 e. The third kappa shape index (κ3) is 9.46. The Kier molecular flexibility index (Phi) is 13.1. The lowest BCUT2D eigenvalue weighted by Gasteiger charge is -2.34. The number of hydrogen-bond donors (Lipinski definition) is 4. The first-order valence-electron chi connectivity index (χ1n) is 14.3. The van der Waals surface area contributed by atoms with E-state index in [9.17, 15) is 0 Å². The van der Waals surface area contributed by atoms with Crippen LogP contribution in [-0.4, -0.2) is 81.4 Å². The van der Waals surface area contributed by atoms with Crippen LogP contribution in [0.15, 0.2) is 58.5 Å². The fourth-order valence-corrected chi connectivity index (χ4v) is 4.29. The van der Waals surface area contributed by atoms with Gasteiger partial charge in [0.25, 0.3) is 0 Å². The summed E-state index contributed by atoms with van der Waals surface area (Å²) in [7, 11) is 5.98. The quantitative estimate of drug-likeness (QED) is 0.209. The van der Waals surface area contributed by atoms with Crippen molar-refractivity contribution in [1.82, 2.24) is 20.4 Å². The van der Waals surface area contributed by atoms with E-state index in [1.165, 1.54) is 11.3 Å². The highest BCUT2D eigenvalue weighted by molar-refractivity contribution is 6.08. The molecule has 0 aliphatic carbocycles. The van der Waals surface area contributed by atoms with Gasteiger partial charge in [-0.2, -0.15) is 0 Å². The van der Waals surface area contributed by atoms with Crippen LogP contribution in [0.1, 0.15) is 53.5 Å². The van der Waals surface area contributed by atoms with Crippen molar-refractivity contribution in [1.29, 1.82) is 5.41 Å². The third-order valence-corrected chi connectivity index (χ3v) is 7.31. The Morgan fingerprint density at radius 1 is 1.15 bits per heavy atom. The second kappa shape index (κ2) is 16.0. The Balaban J connectivity index is 2.21. The van der Waals surface area contributed by atoms with E-state index < -0.39 is 0 Å². The second-order valence-electron chi connectivity index (χ2n) is 10.4. The molecule has 0 unspecified atom stereocenters. The normalized spacial score (nSPS) is 16.0. The Hall–Kier alpha value is -3.26. The van der Waals surface area contributed by atoms with Crippen LogP contribution < -0.4 is 20.9 Å². The molecule has 216 valence electrons. The zero-order valence-corrected chi connectivity index (χ0v) is 25.8. The van der Waals surface area contributed by atoms with Crippen molar-refractivity contribution in [2.45, 2.75) is 60.4 Å². The Morgan fingerprint density at radius 2 is 1.85 bits per heavy atom. The van der Waals surface area contributed by atoms with Gasteiger partial charge in [0, 0.05) is 69.6 Å². The smallest absolute Gasteiger partial charge is 0.146 e. The SMILES string of the molecule is CC/C=C\C(=NCNc1ccc(N2CCN(C)CC2)cc1CC)/C(C)=C(\C)N/C(=C/NC)C(=N)N(C)C(C)C. The average Bonchev–Trinajstić information content (AvgIpc) is 2.93. The number of aryl methyl sites for hydroxylation is 1. The molecule has 1 fully saturated rings. The summed E-state index contributed by atoms with van der Waals surface area (Å²) in [5.41, 5.74) is 7.41. The van der Waals surface area contributed by atoms with Gasteiger partial charge in [-0.3, -0.25) is 10.4 Å². The lowest BCUT2D eigenvalue weighted by atomic mass is 10.1. The van der Waals surface area contributed by atoms with E-state index in [0.717, 1.165) is 67.4 Å². The van der Waals surface area contributed by atoms with Gasteiger partial charge in [0.2, 0.25) is 0 Å². The average molecular weight is 537 g/mol. The van der Waals surface area contributed by atoms with E-state index in [2.05, 4.69) is 97.8 Å². The van der Waals surface area contributed by atoms with Crippen LogP contribution >= 0.6 is 0 Å². The number of anilines is 2. The molecule has 2 rings (SSSR count). The highest BCUT2D eigenvalue weighted by Crippen LogP contribution is 2.25. The molecule has 1 saturated heterocycles. The van der Waals surface area contributed by atoms with E-state index in [4.69, 9.17) is 10.4 Å². The Morgan fingerprint density at radius 3 is 2.44 bits per heavy atom. The van der Waals surface area contributed by atoms with Crippen LogP contribution in [0, 0.1) is 5.41 Å². The molecule has 1 aliphatic rings. The van der Waals surface area contributed by atoms with E-state index in [1.807, 2.05) is 32.1 Å². The van der Waals surface area contributed by atoms with Crippen molar-refractivity contribution in [3.05, 3.63) is 59.1 Å². The third-order valence-electron chi connectivity index (χ3n) is 7.31. The molecule has 4 N–H and O–H groups in total. The Bertz CT molecular complexity index is 1060. The summed E-state index contributed by atoms with van der Waals surface area (Å²) in [5.74, 6) is 0.433. The Labute approximate surface area is 237 Å². The largest absolute Gasteiger partial charge is 0.392 e. The summed E-state index contributed by atoms with van der Waals surface area (Å²) >= 11 is 0. The minimum absolute atomic E-state index is 0.226. The highest BCUT2D eigenvalue weighted by atomic mass is 15.2. The summed E-state index contributed by atoms with van der Waals surface area (Å²) in [6.07, 6.45) is 7.96. The topological polar surface area (TPSA) is 82.0 Å². The molecule has 0 aromatic heterocycles. The number of allylic oxidation sites excluding steroid dienone is 4. The molecule has 0 spiro atoms. The molecule has 1 aliphatic heterocycles. The van der Waals surface area contributed by atoms with Gasteiger partial charge in [-0.15, -0.1) is 0 Å². The maximum atomic E-state index is 8.64. The van der Waals surface area contributed by atoms with Crippen LogP contribution in [-0.2, 0) is 6.42 Å². The van der Waals surface area contributed by atoms with Crippen molar-refractivity contribution in [2.75, 3.05) is 64.2 Å². The first-order chi connectivity index (χ1) is 18.6. The molecule has 0 atom stereocenters. The first-order valence-corrected chi connectivity index (χ1v) is 14.3. The summed E-state index contributed by atoms with van der Waals surface area (Å²) in [4.78, 5) is 11.7.